The lowest BCUT2D eigenvalue weighted by Crippen LogP contribution is -2.32. The van der Waals surface area contributed by atoms with E-state index in [1.165, 1.54) is 0 Å². The zero-order valence-electron chi connectivity index (χ0n) is 15.2. The third-order valence-electron chi connectivity index (χ3n) is 3.31. The largest absolute Gasteiger partial charge is 0.466 e. The second-order valence-electron chi connectivity index (χ2n) is 6.67. The monoisotopic (exact) mass is 424 g/mol. The standard InChI is InChI=1S/C18H21BrN2O5/c1-5-25-15(22)9-14-13-8-11(19)6-7-12(13)17(24)21(20-14)10-16(23)26-18(2,3)4/h6-8H,5,9-10H2,1-4H3. The van der Waals surface area contributed by atoms with Gasteiger partial charge in [0.05, 0.1) is 24.1 Å². The molecule has 2 aromatic rings. The van der Waals surface area contributed by atoms with Crippen molar-refractivity contribution in [3.05, 3.63) is 38.7 Å². The Morgan fingerprint density at radius 1 is 1.19 bits per heavy atom. The lowest BCUT2D eigenvalue weighted by molar-refractivity contribution is -0.155. The van der Waals surface area contributed by atoms with Gasteiger partial charge in [0.2, 0.25) is 0 Å². The molecule has 0 bridgehead atoms. The fourth-order valence-corrected chi connectivity index (χ4v) is 2.77. The molecule has 1 heterocycles. The molecule has 0 radical (unpaired) electrons. The van der Waals surface area contributed by atoms with Crippen LogP contribution in [0, 0.1) is 0 Å². The van der Waals surface area contributed by atoms with Crippen molar-refractivity contribution in [2.45, 2.75) is 46.3 Å². The zero-order valence-corrected chi connectivity index (χ0v) is 16.8. The van der Waals surface area contributed by atoms with Crippen LogP contribution in [0.2, 0.25) is 0 Å². The van der Waals surface area contributed by atoms with E-state index in [0.29, 0.717) is 16.5 Å². The molecule has 7 nitrogen and oxygen atoms in total. The molecule has 0 spiro atoms. The van der Waals surface area contributed by atoms with Crippen LogP contribution in [0.1, 0.15) is 33.4 Å². The number of hydrogen-bond donors (Lipinski definition) is 0. The maximum atomic E-state index is 12.7. The van der Waals surface area contributed by atoms with Gasteiger partial charge < -0.3 is 9.47 Å². The number of ether oxygens (including phenoxy) is 2. The molecule has 0 saturated carbocycles. The number of carbonyl (C=O) groups excluding carboxylic acids is 2. The molecule has 1 aromatic heterocycles. The van der Waals surface area contributed by atoms with Crippen molar-refractivity contribution >= 4 is 38.6 Å². The number of halogens is 1. The topological polar surface area (TPSA) is 87.5 Å². The van der Waals surface area contributed by atoms with Gasteiger partial charge in [-0.1, -0.05) is 15.9 Å². The molecular weight excluding hydrogens is 404 g/mol. The SMILES string of the molecule is CCOC(=O)Cc1nn(CC(=O)OC(C)(C)C)c(=O)c2ccc(Br)cc12. The van der Waals surface area contributed by atoms with E-state index in [4.69, 9.17) is 9.47 Å². The Kier molecular flexibility index (Phi) is 6.17. The number of benzene rings is 1. The molecule has 2 rings (SSSR count). The Balaban J connectivity index is 2.49. The molecule has 0 fully saturated rings. The van der Waals surface area contributed by atoms with Crippen LogP contribution in [0.4, 0.5) is 0 Å². The summed E-state index contributed by atoms with van der Waals surface area (Å²) < 4.78 is 12.0. The molecule has 0 saturated heterocycles. The van der Waals surface area contributed by atoms with Crippen LogP contribution >= 0.6 is 15.9 Å². The Labute approximate surface area is 159 Å². The van der Waals surface area contributed by atoms with Crippen LogP contribution in [-0.4, -0.2) is 33.9 Å². The van der Waals surface area contributed by atoms with Crippen molar-refractivity contribution in [3.63, 3.8) is 0 Å². The first-order valence-electron chi connectivity index (χ1n) is 8.17. The van der Waals surface area contributed by atoms with Crippen LogP contribution in [0.15, 0.2) is 27.5 Å². The molecule has 0 unspecified atom stereocenters. The van der Waals surface area contributed by atoms with E-state index < -0.39 is 23.1 Å². The fraction of sp³-hybridized carbons (Fsp3) is 0.444. The third-order valence-corrected chi connectivity index (χ3v) is 3.81. The van der Waals surface area contributed by atoms with Crippen molar-refractivity contribution in [2.24, 2.45) is 0 Å². The summed E-state index contributed by atoms with van der Waals surface area (Å²) in [6.45, 7) is 6.85. The number of fused-ring (bicyclic) bond motifs is 1. The van der Waals surface area contributed by atoms with Crippen molar-refractivity contribution in [3.8, 4) is 0 Å². The summed E-state index contributed by atoms with van der Waals surface area (Å²) in [6.07, 6.45) is -0.102. The van der Waals surface area contributed by atoms with Crippen LogP contribution < -0.4 is 5.56 Å². The quantitative estimate of drug-likeness (QED) is 0.685. The first-order valence-corrected chi connectivity index (χ1v) is 8.96. The highest BCUT2D eigenvalue weighted by Crippen LogP contribution is 2.20. The number of aromatic nitrogens is 2. The predicted octanol–water partition coefficient (Wildman–Crippen LogP) is 2.61. The van der Waals surface area contributed by atoms with Gasteiger partial charge in [-0.3, -0.25) is 14.4 Å². The van der Waals surface area contributed by atoms with Crippen molar-refractivity contribution in [1.29, 1.82) is 0 Å². The van der Waals surface area contributed by atoms with E-state index >= 15 is 0 Å². The van der Waals surface area contributed by atoms with E-state index in [2.05, 4.69) is 21.0 Å². The fourth-order valence-electron chi connectivity index (χ4n) is 2.41. The minimum absolute atomic E-state index is 0.102. The Morgan fingerprint density at radius 2 is 1.88 bits per heavy atom. The molecule has 140 valence electrons. The summed E-state index contributed by atoms with van der Waals surface area (Å²) in [5.41, 5.74) is -0.732. The van der Waals surface area contributed by atoms with Crippen LogP contribution in [0.25, 0.3) is 10.8 Å². The summed E-state index contributed by atoms with van der Waals surface area (Å²) in [5.74, 6) is -1.03. The summed E-state index contributed by atoms with van der Waals surface area (Å²) in [6, 6.07) is 5.06. The van der Waals surface area contributed by atoms with E-state index in [-0.39, 0.29) is 19.6 Å². The first-order chi connectivity index (χ1) is 12.1. The number of nitrogens with zero attached hydrogens (tertiary/aromatic N) is 2. The number of carbonyl (C=O) groups is 2. The van der Waals surface area contributed by atoms with Gasteiger partial charge in [-0.15, -0.1) is 0 Å². The molecule has 0 aliphatic rings. The van der Waals surface area contributed by atoms with Gasteiger partial charge in [-0.05, 0) is 45.9 Å². The Morgan fingerprint density at radius 3 is 2.50 bits per heavy atom. The molecule has 0 atom stereocenters. The minimum atomic E-state index is -0.670. The third kappa shape index (κ3) is 5.14. The zero-order chi connectivity index (χ0) is 19.5. The lowest BCUT2D eigenvalue weighted by atomic mass is 10.1. The predicted molar refractivity (Wildman–Crippen MR) is 99.9 cm³/mol. The van der Waals surface area contributed by atoms with E-state index in [0.717, 1.165) is 9.15 Å². The highest BCUT2D eigenvalue weighted by atomic mass is 79.9. The molecular formula is C18H21BrN2O5. The van der Waals surface area contributed by atoms with Gasteiger partial charge >= 0.3 is 11.9 Å². The van der Waals surface area contributed by atoms with Gasteiger partial charge in [0.25, 0.3) is 5.56 Å². The van der Waals surface area contributed by atoms with Crippen molar-refractivity contribution < 1.29 is 19.1 Å². The normalized spacial score (nSPS) is 11.4. The van der Waals surface area contributed by atoms with Gasteiger partial charge in [0, 0.05) is 9.86 Å². The maximum Gasteiger partial charge on any atom is 0.328 e. The van der Waals surface area contributed by atoms with Gasteiger partial charge in [0.15, 0.2) is 0 Å². The summed E-state index contributed by atoms with van der Waals surface area (Å²) >= 11 is 3.35. The van der Waals surface area contributed by atoms with E-state index in [1.54, 1.807) is 45.9 Å². The summed E-state index contributed by atoms with van der Waals surface area (Å²) in [5, 5.41) is 5.12. The Bertz CT molecular complexity index is 899. The van der Waals surface area contributed by atoms with E-state index in [1.807, 2.05) is 0 Å². The maximum absolute atomic E-state index is 12.7. The number of rotatable bonds is 5. The van der Waals surface area contributed by atoms with Crippen LogP contribution in [0.3, 0.4) is 0 Å². The minimum Gasteiger partial charge on any atom is -0.466 e. The average molecular weight is 425 g/mol. The van der Waals surface area contributed by atoms with Crippen molar-refractivity contribution in [1.82, 2.24) is 9.78 Å². The summed E-state index contributed by atoms with van der Waals surface area (Å²) in [7, 11) is 0. The van der Waals surface area contributed by atoms with Gasteiger partial charge in [0.1, 0.15) is 12.1 Å². The highest BCUT2D eigenvalue weighted by Gasteiger charge is 2.20. The van der Waals surface area contributed by atoms with Crippen LogP contribution in [0.5, 0.6) is 0 Å². The molecule has 0 aliphatic heterocycles. The van der Waals surface area contributed by atoms with Crippen molar-refractivity contribution in [2.75, 3.05) is 6.61 Å². The van der Waals surface area contributed by atoms with Gasteiger partial charge in [-0.2, -0.15) is 5.10 Å². The second-order valence-corrected chi connectivity index (χ2v) is 7.58. The smallest absolute Gasteiger partial charge is 0.328 e. The molecule has 0 aliphatic carbocycles. The van der Waals surface area contributed by atoms with E-state index in [9.17, 15) is 14.4 Å². The van der Waals surface area contributed by atoms with Gasteiger partial charge in [-0.25, -0.2) is 4.68 Å². The summed E-state index contributed by atoms with van der Waals surface area (Å²) in [4.78, 5) is 36.6. The second kappa shape index (κ2) is 7.99. The van der Waals surface area contributed by atoms with Crippen LogP contribution in [-0.2, 0) is 32.0 Å². The molecule has 0 amide bonds. The lowest BCUT2D eigenvalue weighted by Gasteiger charge is -2.19. The molecule has 0 N–H and O–H groups in total. The Hall–Kier alpha value is -2.22. The highest BCUT2D eigenvalue weighted by molar-refractivity contribution is 9.10. The first kappa shape index (κ1) is 20.1. The molecule has 8 heteroatoms. The number of esters is 2. The number of hydrogen-bond acceptors (Lipinski definition) is 6. The molecule has 26 heavy (non-hydrogen) atoms. The average Bonchev–Trinajstić information content (AvgIpc) is 2.50. The molecule has 1 aromatic carbocycles.